The number of ether oxygens (including phenoxy) is 1. The number of nitrogens with two attached hydrogens (primary N) is 1. The highest BCUT2D eigenvalue weighted by molar-refractivity contribution is 6.33. The maximum Gasteiger partial charge on any atom is 0.407 e. The molecule has 1 aliphatic rings. The summed E-state index contributed by atoms with van der Waals surface area (Å²) in [4.78, 5) is 51.3. The van der Waals surface area contributed by atoms with Gasteiger partial charge in [0.25, 0.3) is 0 Å². The number of H-pyrrole nitrogens is 1. The fourth-order valence-corrected chi connectivity index (χ4v) is 6.11. The van der Waals surface area contributed by atoms with Crippen LogP contribution < -0.4 is 21.7 Å². The van der Waals surface area contributed by atoms with E-state index in [4.69, 9.17) is 22.1 Å². The number of carbonyl (C=O) groups is 4. The van der Waals surface area contributed by atoms with Gasteiger partial charge in [-0.2, -0.15) is 5.21 Å². The minimum atomic E-state index is -0.909. The first kappa shape index (κ1) is 36.0. The third kappa shape index (κ3) is 9.88. The third-order valence-electron chi connectivity index (χ3n) is 8.47. The highest BCUT2D eigenvalue weighted by atomic mass is 35.5. The lowest BCUT2D eigenvalue weighted by Crippen LogP contribution is -2.48. The van der Waals surface area contributed by atoms with E-state index >= 15 is 0 Å². The van der Waals surface area contributed by atoms with Crippen LogP contribution in [0.2, 0.25) is 5.02 Å². The maximum absolute atomic E-state index is 13.8. The van der Waals surface area contributed by atoms with Gasteiger partial charge in [-0.05, 0) is 111 Å². The summed E-state index contributed by atoms with van der Waals surface area (Å²) in [7, 11) is 0. The molecule has 4 aromatic rings. The number of aromatic amines is 1. The summed E-state index contributed by atoms with van der Waals surface area (Å²) in [6.07, 6.45) is 2.50. The number of carbonyl (C=O) groups excluding carboxylic acids is 4. The summed E-state index contributed by atoms with van der Waals surface area (Å²) < 4.78 is 5.33. The van der Waals surface area contributed by atoms with E-state index in [1.807, 2.05) is 45.0 Å². The van der Waals surface area contributed by atoms with E-state index in [2.05, 4.69) is 36.6 Å². The average Bonchev–Trinajstić information content (AvgIpc) is 3.62. The molecule has 1 aromatic heterocycles. The Morgan fingerprint density at radius 3 is 2.38 bits per heavy atom. The van der Waals surface area contributed by atoms with Crippen LogP contribution in [-0.2, 0) is 20.7 Å². The van der Waals surface area contributed by atoms with Crippen LogP contribution in [0.25, 0.3) is 22.5 Å². The molecule has 6 N–H and O–H groups in total. The summed E-state index contributed by atoms with van der Waals surface area (Å²) >= 11 is 6.49. The smallest absolute Gasteiger partial charge is 0.407 e. The molecule has 1 saturated carbocycles. The molecule has 14 heteroatoms. The molecule has 4 amide bonds. The highest BCUT2D eigenvalue weighted by Crippen LogP contribution is 2.31. The van der Waals surface area contributed by atoms with Crippen LogP contribution in [0.3, 0.4) is 0 Å². The summed E-state index contributed by atoms with van der Waals surface area (Å²) in [5, 5.41) is 23.2. The molecule has 1 heterocycles. The van der Waals surface area contributed by atoms with Crippen molar-refractivity contribution in [2.45, 2.75) is 64.5 Å². The number of aromatic nitrogens is 4. The van der Waals surface area contributed by atoms with Crippen molar-refractivity contribution >= 4 is 41.1 Å². The lowest BCUT2D eigenvalue weighted by atomic mass is 9.81. The van der Waals surface area contributed by atoms with Gasteiger partial charge in [0.1, 0.15) is 11.6 Å². The van der Waals surface area contributed by atoms with E-state index in [-0.39, 0.29) is 30.1 Å². The normalized spacial score (nSPS) is 16.6. The number of alkyl carbamates (subject to hydrolysis) is 1. The Labute approximate surface area is 295 Å². The minimum Gasteiger partial charge on any atom is -0.444 e. The van der Waals surface area contributed by atoms with Crippen LogP contribution in [0.5, 0.6) is 0 Å². The van der Waals surface area contributed by atoms with Gasteiger partial charge < -0.3 is 26.4 Å². The number of rotatable bonds is 11. The predicted octanol–water partition coefficient (Wildman–Crippen LogP) is 5.28. The number of benzene rings is 3. The molecule has 13 nitrogen and oxygen atoms in total. The molecule has 0 bridgehead atoms. The number of primary amides is 1. The highest BCUT2D eigenvalue weighted by Gasteiger charge is 2.30. The van der Waals surface area contributed by atoms with Crippen molar-refractivity contribution in [3.8, 4) is 22.5 Å². The molecule has 0 saturated heterocycles. The number of nitrogens with zero attached hydrogens (tertiary/aromatic N) is 3. The van der Waals surface area contributed by atoms with Crippen molar-refractivity contribution in [2.75, 3.05) is 11.9 Å². The molecule has 0 radical (unpaired) electrons. The number of anilines is 1. The molecule has 0 spiro atoms. The standard InChI is InChI=1S/C36H41ClN8O5/c1-36(2,3)50-35(49)39-20-21-7-9-24(10-8-21)33(47)41-30(34(48)40-27-14-11-23(12-15-27)32-42-44-45-43-32)18-22-5-4-6-25(17-22)28-19-26(31(38)46)13-16-29(28)37/h4-6,11-17,19,21,24,30H,7-10,18,20H2,1-3H3,(H2,38,46)(H,39,49)(H,40,48)(H,41,47)(H,42,43,44,45)/t21?,24?,30-/m0/s1. The van der Waals surface area contributed by atoms with Crippen molar-refractivity contribution in [3.05, 3.63) is 82.9 Å². The van der Waals surface area contributed by atoms with E-state index in [0.29, 0.717) is 47.0 Å². The molecular formula is C36H41ClN8O5. The molecule has 5 rings (SSSR count). The zero-order chi connectivity index (χ0) is 35.8. The predicted molar refractivity (Wildman–Crippen MR) is 189 cm³/mol. The van der Waals surface area contributed by atoms with Crippen LogP contribution in [-0.4, -0.2) is 62.6 Å². The Morgan fingerprint density at radius 1 is 0.980 bits per heavy atom. The SMILES string of the molecule is CC(C)(C)OC(=O)NCC1CCC(C(=O)N[C@@H](Cc2cccc(-c3cc(C(N)=O)ccc3Cl)c2)C(=O)Nc2ccc(-c3nn[nH]n3)cc2)CC1. The molecule has 0 aliphatic heterocycles. The van der Waals surface area contributed by atoms with Crippen LogP contribution >= 0.6 is 11.6 Å². The minimum absolute atomic E-state index is 0.189. The first-order valence-electron chi connectivity index (χ1n) is 16.5. The first-order chi connectivity index (χ1) is 23.8. The molecule has 0 unspecified atom stereocenters. The van der Waals surface area contributed by atoms with Crippen molar-refractivity contribution in [2.24, 2.45) is 17.6 Å². The molecule has 1 atom stereocenters. The van der Waals surface area contributed by atoms with E-state index in [1.165, 1.54) is 0 Å². The molecule has 262 valence electrons. The molecule has 1 fully saturated rings. The van der Waals surface area contributed by atoms with Gasteiger partial charge >= 0.3 is 6.09 Å². The Balaban J connectivity index is 1.29. The first-order valence-corrected chi connectivity index (χ1v) is 16.8. The van der Waals surface area contributed by atoms with Crippen LogP contribution in [0.1, 0.15) is 62.4 Å². The second-order valence-electron chi connectivity index (χ2n) is 13.4. The van der Waals surface area contributed by atoms with E-state index < -0.39 is 23.6 Å². The average molecular weight is 701 g/mol. The number of hydrogen-bond donors (Lipinski definition) is 5. The fraction of sp³-hybridized carbons (Fsp3) is 0.361. The number of amides is 4. The van der Waals surface area contributed by atoms with Gasteiger partial charge in [0.2, 0.25) is 23.5 Å². The van der Waals surface area contributed by atoms with Gasteiger partial charge in [-0.3, -0.25) is 14.4 Å². The largest absolute Gasteiger partial charge is 0.444 e. The van der Waals surface area contributed by atoms with Crippen LogP contribution in [0.15, 0.2) is 66.7 Å². The Hall–Kier alpha value is -5.30. The van der Waals surface area contributed by atoms with Crippen LogP contribution in [0.4, 0.5) is 10.5 Å². The zero-order valence-corrected chi connectivity index (χ0v) is 28.9. The monoisotopic (exact) mass is 700 g/mol. The third-order valence-corrected chi connectivity index (χ3v) is 8.80. The number of hydrogen-bond acceptors (Lipinski definition) is 8. The van der Waals surface area contributed by atoms with E-state index in [1.54, 1.807) is 42.5 Å². The van der Waals surface area contributed by atoms with E-state index in [9.17, 15) is 19.2 Å². The van der Waals surface area contributed by atoms with Gasteiger partial charge in [0, 0.05) is 46.3 Å². The molecule has 3 aromatic carbocycles. The van der Waals surface area contributed by atoms with Gasteiger partial charge in [-0.1, -0.05) is 35.9 Å². The Morgan fingerprint density at radius 2 is 1.72 bits per heavy atom. The maximum atomic E-state index is 13.8. The number of halogens is 1. The van der Waals surface area contributed by atoms with Crippen molar-refractivity contribution in [1.29, 1.82) is 0 Å². The van der Waals surface area contributed by atoms with Gasteiger partial charge in [-0.15, -0.1) is 10.2 Å². The second kappa shape index (κ2) is 15.9. The summed E-state index contributed by atoms with van der Waals surface area (Å²) in [6.45, 7) is 5.92. The summed E-state index contributed by atoms with van der Waals surface area (Å²) in [5.74, 6) is -0.797. The van der Waals surface area contributed by atoms with Crippen molar-refractivity contribution in [3.63, 3.8) is 0 Å². The molecule has 50 heavy (non-hydrogen) atoms. The van der Waals surface area contributed by atoms with Crippen LogP contribution in [0, 0.1) is 11.8 Å². The zero-order valence-electron chi connectivity index (χ0n) is 28.2. The molecular weight excluding hydrogens is 660 g/mol. The van der Waals surface area contributed by atoms with Gasteiger partial charge in [-0.25, -0.2) is 4.79 Å². The number of tetrazole rings is 1. The van der Waals surface area contributed by atoms with E-state index in [0.717, 1.165) is 29.5 Å². The lowest BCUT2D eigenvalue weighted by molar-refractivity contribution is -0.130. The number of nitrogens with one attached hydrogen (secondary N) is 4. The second-order valence-corrected chi connectivity index (χ2v) is 13.8. The Kier molecular flexibility index (Phi) is 11.5. The summed E-state index contributed by atoms with van der Waals surface area (Å²) in [5.41, 5.74) is 8.61. The van der Waals surface area contributed by atoms with Gasteiger partial charge in [0.15, 0.2) is 0 Å². The summed E-state index contributed by atoms with van der Waals surface area (Å²) in [6, 6.07) is 18.3. The van der Waals surface area contributed by atoms with Gasteiger partial charge in [0.05, 0.1) is 0 Å². The molecule has 1 aliphatic carbocycles. The topological polar surface area (TPSA) is 194 Å². The lowest BCUT2D eigenvalue weighted by Gasteiger charge is -2.29. The van der Waals surface area contributed by atoms with Crippen molar-refractivity contribution < 1.29 is 23.9 Å². The Bertz CT molecular complexity index is 1820. The quantitative estimate of drug-likeness (QED) is 0.139. The fourth-order valence-electron chi connectivity index (χ4n) is 5.89. The van der Waals surface area contributed by atoms with Crippen molar-refractivity contribution in [1.82, 2.24) is 31.3 Å².